The number of ether oxygens (including phenoxy) is 2. The highest BCUT2D eigenvalue weighted by Crippen LogP contribution is 2.37. The minimum atomic E-state index is -4.45. The fourth-order valence-electron chi connectivity index (χ4n) is 3.42. The van der Waals surface area contributed by atoms with Gasteiger partial charge in [0.1, 0.15) is 12.4 Å². The first kappa shape index (κ1) is 29.0. The molecule has 0 spiro atoms. The van der Waals surface area contributed by atoms with E-state index in [0.29, 0.717) is 32.4 Å². The monoisotopic (exact) mass is 636 g/mol. The molecule has 7 nitrogen and oxygen atoms in total. The molecule has 0 bridgehead atoms. The summed E-state index contributed by atoms with van der Waals surface area (Å²) in [7, 11) is 1.49. The number of alkyl halides is 3. The third-order valence-corrected chi connectivity index (χ3v) is 6.68. The predicted octanol–water partition coefficient (Wildman–Crippen LogP) is 7.09. The smallest absolute Gasteiger partial charge is 0.416 e. The lowest BCUT2D eigenvalue weighted by Gasteiger charge is -2.13. The summed E-state index contributed by atoms with van der Waals surface area (Å²) in [6.07, 6.45) is -3.11. The van der Waals surface area contributed by atoms with E-state index in [1.807, 2.05) is 0 Å². The van der Waals surface area contributed by atoms with E-state index in [2.05, 4.69) is 36.8 Å². The summed E-state index contributed by atoms with van der Waals surface area (Å²) in [4.78, 5) is 16.6. The van der Waals surface area contributed by atoms with Crippen LogP contribution in [0.15, 0.2) is 75.6 Å². The molecule has 0 aliphatic heterocycles. The van der Waals surface area contributed by atoms with Gasteiger partial charge in [-0.3, -0.25) is 4.79 Å². The summed E-state index contributed by atoms with van der Waals surface area (Å²) in [5.74, 6) is 0.108. The van der Waals surface area contributed by atoms with E-state index in [0.717, 1.165) is 29.0 Å². The topological polar surface area (TPSA) is 84.8 Å². The predicted molar refractivity (Wildman–Crippen MR) is 148 cm³/mol. The Hall–Kier alpha value is -3.97. The molecule has 4 rings (SSSR count). The van der Waals surface area contributed by atoms with Gasteiger partial charge in [0.25, 0.3) is 0 Å². The number of nitrogens with zero attached hydrogens (tertiary/aromatic N) is 2. The molecule has 40 heavy (non-hydrogen) atoms. The molecule has 0 aliphatic carbocycles. The number of halogens is 5. The molecule has 0 saturated heterocycles. The first-order valence-electron chi connectivity index (χ1n) is 11.6. The summed E-state index contributed by atoms with van der Waals surface area (Å²) in [5, 5.41) is 8.77. The Kier molecular flexibility index (Phi) is 9.38. The van der Waals surface area contributed by atoms with E-state index in [1.165, 1.54) is 37.6 Å². The largest absolute Gasteiger partial charge is 0.493 e. The highest BCUT2D eigenvalue weighted by Gasteiger charge is 2.30. The molecule has 0 saturated carbocycles. The van der Waals surface area contributed by atoms with E-state index < -0.39 is 17.6 Å². The first-order valence-corrected chi connectivity index (χ1v) is 13.2. The van der Waals surface area contributed by atoms with Gasteiger partial charge in [-0.15, -0.1) is 11.3 Å². The molecule has 3 aromatic carbocycles. The number of carbonyl (C=O) groups excluding carboxylic acids is 1. The van der Waals surface area contributed by atoms with Crippen molar-refractivity contribution in [1.82, 2.24) is 10.4 Å². The third-order valence-electron chi connectivity index (χ3n) is 5.29. The van der Waals surface area contributed by atoms with Gasteiger partial charge in [0.05, 0.1) is 35.5 Å². The summed E-state index contributed by atoms with van der Waals surface area (Å²) in [5.41, 5.74) is 3.70. The van der Waals surface area contributed by atoms with Crippen molar-refractivity contribution in [2.75, 3.05) is 12.4 Å². The maximum absolute atomic E-state index is 13.1. The van der Waals surface area contributed by atoms with Gasteiger partial charge >= 0.3 is 6.18 Å². The van der Waals surface area contributed by atoms with Gasteiger partial charge < -0.3 is 14.8 Å². The number of hydrogen-bond acceptors (Lipinski definition) is 7. The van der Waals surface area contributed by atoms with Crippen LogP contribution in [-0.4, -0.2) is 24.2 Å². The van der Waals surface area contributed by atoms with Gasteiger partial charge in [-0.2, -0.15) is 18.3 Å². The van der Waals surface area contributed by atoms with Crippen LogP contribution in [0.1, 0.15) is 22.4 Å². The highest BCUT2D eigenvalue weighted by molar-refractivity contribution is 9.10. The molecule has 0 radical (unpaired) electrons. The Bertz CT molecular complexity index is 1510. The van der Waals surface area contributed by atoms with Crippen molar-refractivity contribution in [1.29, 1.82) is 0 Å². The standard InChI is InChI=1S/C27H21BrF4N4O3S/c1-38-23-10-17(9-22(28)25(23)39-14-16-5-7-19(29)8-6-16)13-33-36-24(37)12-21-15-40-26(35-21)34-20-4-2-3-18(11-20)27(30,31)32/h2-11,13,15H,12,14H2,1H3,(H,34,35)(H,36,37)/b33-13-. The molecule has 4 aromatic rings. The summed E-state index contributed by atoms with van der Waals surface area (Å²) < 4.78 is 63.7. The number of amides is 1. The second-order valence-electron chi connectivity index (χ2n) is 8.27. The van der Waals surface area contributed by atoms with E-state index in [4.69, 9.17) is 9.47 Å². The molecule has 2 N–H and O–H groups in total. The van der Waals surface area contributed by atoms with Crippen LogP contribution in [-0.2, 0) is 24.0 Å². The van der Waals surface area contributed by atoms with Crippen LogP contribution in [0.3, 0.4) is 0 Å². The van der Waals surface area contributed by atoms with Crippen molar-refractivity contribution in [2.45, 2.75) is 19.2 Å². The molecule has 0 unspecified atom stereocenters. The van der Waals surface area contributed by atoms with E-state index in [1.54, 1.807) is 29.6 Å². The van der Waals surface area contributed by atoms with Gasteiger partial charge in [0.2, 0.25) is 5.91 Å². The lowest BCUT2D eigenvalue weighted by molar-refractivity contribution is -0.137. The number of hydrogen-bond donors (Lipinski definition) is 2. The molecule has 208 valence electrons. The highest BCUT2D eigenvalue weighted by atomic mass is 79.9. The zero-order chi connectivity index (χ0) is 28.7. The molecule has 0 atom stereocenters. The number of carbonyl (C=O) groups is 1. The maximum atomic E-state index is 13.1. The number of thiazole rings is 1. The van der Waals surface area contributed by atoms with Gasteiger partial charge in [-0.1, -0.05) is 18.2 Å². The first-order chi connectivity index (χ1) is 19.1. The van der Waals surface area contributed by atoms with Crippen LogP contribution < -0.4 is 20.2 Å². The number of methoxy groups -OCH3 is 1. The molecule has 1 amide bonds. The van der Waals surface area contributed by atoms with Crippen molar-refractivity contribution >= 4 is 50.2 Å². The van der Waals surface area contributed by atoms with E-state index >= 15 is 0 Å². The number of anilines is 2. The zero-order valence-corrected chi connectivity index (χ0v) is 23.2. The molecule has 1 heterocycles. The minimum Gasteiger partial charge on any atom is -0.493 e. The van der Waals surface area contributed by atoms with Crippen molar-refractivity contribution in [3.63, 3.8) is 0 Å². The number of benzene rings is 3. The van der Waals surface area contributed by atoms with Crippen molar-refractivity contribution in [2.24, 2.45) is 5.10 Å². The molecular formula is C27H21BrF4N4O3S. The maximum Gasteiger partial charge on any atom is 0.416 e. The fraction of sp³-hybridized carbons (Fsp3) is 0.148. The number of nitrogens with one attached hydrogen (secondary N) is 2. The van der Waals surface area contributed by atoms with Gasteiger partial charge in [-0.05, 0) is 69.5 Å². The van der Waals surface area contributed by atoms with Crippen molar-refractivity contribution in [3.8, 4) is 11.5 Å². The average Bonchev–Trinajstić information content (AvgIpc) is 3.34. The number of aromatic nitrogens is 1. The normalized spacial score (nSPS) is 11.4. The lowest BCUT2D eigenvalue weighted by atomic mass is 10.2. The minimum absolute atomic E-state index is 0.0821. The van der Waals surface area contributed by atoms with Crippen LogP contribution in [0.2, 0.25) is 0 Å². The summed E-state index contributed by atoms with van der Waals surface area (Å²) in [6.45, 7) is 0.201. The van der Waals surface area contributed by atoms with Crippen LogP contribution in [0.25, 0.3) is 0 Å². The van der Waals surface area contributed by atoms with Crippen LogP contribution in [0.4, 0.5) is 28.4 Å². The Morgan fingerprint density at radius 2 is 1.93 bits per heavy atom. The molecule has 0 aliphatic rings. The second-order valence-corrected chi connectivity index (χ2v) is 9.98. The Morgan fingerprint density at radius 3 is 2.65 bits per heavy atom. The van der Waals surface area contributed by atoms with Crippen LogP contribution in [0, 0.1) is 5.82 Å². The Morgan fingerprint density at radius 1 is 1.15 bits per heavy atom. The summed E-state index contributed by atoms with van der Waals surface area (Å²) in [6, 6.07) is 14.1. The van der Waals surface area contributed by atoms with Gasteiger partial charge in [-0.25, -0.2) is 14.8 Å². The zero-order valence-electron chi connectivity index (χ0n) is 20.8. The molecule has 1 aromatic heterocycles. The third kappa shape index (κ3) is 8.02. The fourth-order valence-corrected chi connectivity index (χ4v) is 4.72. The van der Waals surface area contributed by atoms with E-state index in [9.17, 15) is 22.4 Å². The van der Waals surface area contributed by atoms with Crippen LogP contribution >= 0.6 is 27.3 Å². The SMILES string of the molecule is COc1cc(/C=N\NC(=O)Cc2csc(Nc3cccc(C(F)(F)F)c3)n2)cc(Br)c1OCc1ccc(F)cc1. The van der Waals surface area contributed by atoms with Gasteiger partial charge in [0.15, 0.2) is 16.6 Å². The lowest BCUT2D eigenvalue weighted by Crippen LogP contribution is -2.20. The Balaban J connectivity index is 1.32. The van der Waals surface area contributed by atoms with Gasteiger partial charge in [0, 0.05) is 11.1 Å². The van der Waals surface area contributed by atoms with Crippen molar-refractivity contribution in [3.05, 3.63) is 98.7 Å². The van der Waals surface area contributed by atoms with Crippen molar-refractivity contribution < 1.29 is 31.8 Å². The molecule has 0 fully saturated rings. The van der Waals surface area contributed by atoms with Crippen LogP contribution in [0.5, 0.6) is 11.5 Å². The number of rotatable bonds is 10. The second kappa shape index (κ2) is 12.9. The number of hydrazone groups is 1. The molecule has 13 heteroatoms. The summed E-state index contributed by atoms with van der Waals surface area (Å²) >= 11 is 4.61. The Labute approximate surface area is 239 Å². The average molecular weight is 637 g/mol. The quantitative estimate of drug-likeness (QED) is 0.110. The molecular weight excluding hydrogens is 616 g/mol. The van der Waals surface area contributed by atoms with E-state index in [-0.39, 0.29) is 24.5 Å².